The summed E-state index contributed by atoms with van der Waals surface area (Å²) in [5, 5.41) is 4.61. The highest BCUT2D eigenvalue weighted by atomic mass is 32.2. The van der Waals surface area contributed by atoms with Crippen LogP contribution in [0.2, 0.25) is 0 Å². The second kappa shape index (κ2) is 6.84. The van der Waals surface area contributed by atoms with Gasteiger partial charge in [0, 0.05) is 11.8 Å². The van der Waals surface area contributed by atoms with E-state index >= 15 is 0 Å². The van der Waals surface area contributed by atoms with Gasteiger partial charge in [-0.15, -0.1) is 0 Å². The predicted octanol–water partition coefficient (Wildman–Crippen LogP) is 3.85. The Kier molecular flexibility index (Phi) is 5.43. The van der Waals surface area contributed by atoms with Crippen LogP contribution in [-0.2, 0) is 0 Å². The summed E-state index contributed by atoms with van der Waals surface area (Å²) < 4.78 is 0. The first-order chi connectivity index (χ1) is 8.24. The van der Waals surface area contributed by atoms with Crippen molar-refractivity contribution in [1.29, 1.82) is 0 Å². The van der Waals surface area contributed by atoms with Crippen LogP contribution >= 0.6 is 11.8 Å². The third-order valence-corrected chi connectivity index (χ3v) is 5.36. The maximum atomic E-state index is 3.72. The van der Waals surface area contributed by atoms with E-state index < -0.39 is 0 Å². The molecule has 0 amide bonds. The van der Waals surface area contributed by atoms with Crippen LogP contribution in [0.3, 0.4) is 0 Å². The molecule has 3 atom stereocenters. The molecular weight excluding hydrogens is 226 g/mol. The van der Waals surface area contributed by atoms with Crippen molar-refractivity contribution in [3.63, 3.8) is 0 Å². The summed E-state index contributed by atoms with van der Waals surface area (Å²) in [6.45, 7) is 7.11. The van der Waals surface area contributed by atoms with Crippen LogP contribution in [0.1, 0.15) is 46.0 Å². The summed E-state index contributed by atoms with van der Waals surface area (Å²) in [6, 6.07) is 0. The third-order valence-electron chi connectivity index (χ3n) is 3.96. The van der Waals surface area contributed by atoms with E-state index in [0.29, 0.717) is 0 Å². The Balaban J connectivity index is 1.63. The second-order valence-electron chi connectivity index (χ2n) is 5.94. The van der Waals surface area contributed by atoms with Crippen LogP contribution in [-0.4, -0.2) is 24.1 Å². The average molecular weight is 253 g/mol. The van der Waals surface area contributed by atoms with Gasteiger partial charge in [-0.25, -0.2) is 0 Å². The minimum atomic E-state index is 0.791. The van der Waals surface area contributed by atoms with Crippen molar-refractivity contribution in [3.8, 4) is 0 Å². The Labute approximate surface area is 111 Å². The highest BCUT2D eigenvalue weighted by molar-refractivity contribution is 7.99. The van der Waals surface area contributed by atoms with Crippen molar-refractivity contribution >= 4 is 11.8 Å². The molecule has 0 aromatic rings. The molecule has 2 rings (SSSR count). The molecule has 1 nitrogen and oxygen atoms in total. The quantitative estimate of drug-likeness (QED) is 0.764. The summed E-state index contributed by atoms with van der Waals surface area (Å²) in [5.74, 6) is 3.05. The largest absolute Gasteiger partial charge is 0.315 e. The van der Waals surface area contributed by atoms with Crippen molar-refractivity contribution < 1.29 is 0 Å². The monoisotopic (exact) mass is 253 g/mol. The van der Waals surface area contributed by atoms with Gasteiger partial charge in [-0.05, 0) is 56.7 Å². The van der Waals surface area contributed by atoms with Crippen LogP contribution in [0, 0.1) is 11.8 Å². The molecular formula is C15H27NS. The van der Waals surface area contributed by atoms with Gasteiger partial charge in [0.05, 0.1) is 0 Å². The minimum absolute atomic E-state index is 0.791. The summed E-state index contributed by atoms with van der Waals surface area (Å²) in [4.78, 5) is 0. The van der Waals surface area contributed by atoms with Gasteiger partial charge in [0.2, 0.25) is 0 Å². The van der Waals surface area contributed by atoms with E-state index in [1.807, 2.05) is 0 Å². The normalized spacial score (nSPS) is 34.5. The SMILES string of the molecule is CC1=CC(C)CC(CNCC2CCCCS2)C1. The van der Waals surface area contributed by atoms with Crippen LogP contribution in [0.5, 0.6) is 0 Å². The van der Waals surface area contributed by atoms with E-state index in [4.69, 9.17) is 0 Å². The van der Waals surface area contributed by atoms with Gasteiger partial charge in [-0.3, -0.25) is 0 Å². The lowest BCUT2D eigenvalue weighted by molar-refractivity contribution is 0.380. The summed E-state index contributed by atoms with van der Waals surface area (Å²) in [7, 11) is 0. The van der Waals surface area contributed by atoms with Crippen molar-refractivity contribution in [2.75, 3.05) is 18.8 Å². The van der Waals surface area contributed by atoms with E-state index in [9.17, 15) is 0 Å². The lowest BCUT2D eigenvalue weighted by Gasteiger charge is -2.27. The van der Waals surface area contributed by atoms with Crippen LogP contribution in [0.25, 0.3) is 0 Å². The minimum Gasteiger partial charge on any atom is -0.315 e. The number of allylic oxidation sites excluding steroid dienone is 2. The fraction of sp³-hybridized carbons (Fsp3) is 0.867. The Morgan fingerprint density at radius 2 is 2.24 bits per heavy atom. The highest BCUT2D eigenvalue weighted by Gasteiger charge is 2.19. The van der Waals surface area contributed by atoms with Crippen molar-refractivity contribution in [2.45, 2.75) is 51.2 Å². The summed E-state index contributed by atoms with van der Waals surface area (Å²) >= 11 is 2.18. The van der Waals surface area contributed by atoms with Gasteiger partial charge in [-0.1, -0.05) is 25.0 Å². The first-order valence-electron chi connectivity index (χ1n) is 7.23. The van der Waals surface area contributed by atoms with E-state index in [1.54, 1.807) is 5.57 Å². The molecule has 0 aromatic heterocycles. The van der Waals surface area contributed by atoms with E-state index in [1.165, 1.54) is 50.9 Å². The first-order valence-corrected chi connectivity index (χ1v) is 8.28. The van der Waals surface area contributed by atoms with E-state index in [2.05, 4.69) is 37.0 Å². The molecule has 1 aliphatic heterocycles. The fourth-order valence-electron chi connectivity index (χ4n) is 3.26. The van der Waals surface area contributed by atoms with Gasteiger partial charge in [0.15, 0.2) is 0 Å². The molecule has 0 spiro atoms. The average Bonchev–Trinajstić information content (AvgIpc) is 2.29. The number of thioether (sulfide) groups is 1. The molecule has 1 saturated heterocycles. The van der Waals surface area contributed by atoms with Crippen LogP contribution in [0.4, 0.5) is 0 Å². The van der Waals surface area contributed by atoms with Crippen LogP contribution < -0.4 is 5.32 Å². The highest BCUT2D eigenvalue weighted by Crippen LogP contribution is 2.28. The molecule has 2 heteroatoms. The molecule has 0 aromatic carbocycles. The Morgan fingerprint density at radius 3 is 2.94 bits per heavy atom. The Bertz CT molecular complexity index is 256. The summed E-state index contributed by atoms with van der Waals surface area (Å²) in [5.41, 5.74) is 1.60. The molecule has 1 heterocycles. The predicted molar refractivity (Wildman–Crippen MR) is 78.6 cm³/mol. The standard InChI is InChI=1S/C15H27NS/c1-12-7-13(2)9-14(8-12)10-16-11-15-5-3-4-6-17-15/h7,12,14-16H,3-6,8-11H2,1-2H3. The third kappa shape index (κ3) is 4.67. The maximum Gasteiger partial charge on any atom is 0.0172 e. The Hall–Kier alpha value is 0.0500. The summed E-state index contributed by atoms with van der Waals surface area (Å²) in [6.07, 6.45) is 9.45. The zero-order chi connectivity index (χ0) is 12.1. The van der Waals surface area contributed by atoms with Gasteiger partial charge in [0.1, 0.15) is 0 Å². The zero-order valence-electron chi connectivity index (χ0n) is 11.4. The van der Waals surface area contributed by atoms with Crippen molar-refractivity contribution in [2.24, 2.45) is 11.8 Å². The maximum absolute atomic E-state index is 3.72. The zero-order valence-corrected chi connectivity index (χ0v) is 12.2. The molecule has 3 unspecified atom stereocenters. The number of rotatable bonds is 4. The topological polar surface area (TPSA) is 12.0 Å². The molecule has 17 heavy (non-hydrogen) atoms. The molecule has 1 fully saturated rings. The second-order valence-corrected chi connectivity index (χ2v) is 7.35. The number of hydrogen-bond acceptors (Lipinski definition) is 2. The lowest BCUT2D eigenvalue weighted by Crippen LogP contribution is -2.32. The molecule has 0 radical (unpaired) electrons. The number of nitrogens with one attached hydrogen (secondary N) is 1. The van der Waals surface area contributed by atoms with Gasteiger partial charge in [-0.2, -0.15) is 11.8 Å². The number of hydrogen-bond donors (Lipinski definition) is 1. The van der Waals surface area contributed by atoms with E-state index in [0.717, 1.165) is 17.1 Å². The smallest absolute Gasteiger partial charge is 0.0172 e. The molecule has 1 aliphatic carbocycles. The van der Waals surface area contributed by atoms with E-state index in [-0.39, 0.29) is 0 Å². The Morgan fingerprint density at radius 1 is 1.35 bits per heavy atom. The molecule has 2 aliphatic rings. The molecule has 1 N–H and O–H groups in total. The van der Waals surface area contributed by atoms with Crippen molar-refractivity contribution in [1.82, 2.24) is 5.32 Å². The van der Waals surface area contributed by atoms with Gasteiger partial charge in [0.25, 0.3) is 0 Å². The molecule has 0 saturated carbocycles. The lowest BCUT2D eigenvalue weighted by atomic mass is 9.84. The fourth-order valence-corrected chi connectivity index (χ4v) is 4.53. The molecule has 98 valence electrons. The van der Waals surface area contributed by atoms with Crippen LogP contribution in [0.15, 0.2) is 11.6 Å². The van der Waals surface area contributed by atoms with Gasteiger partial charge >= 0.3 is 0 Å². The first kappa shape index (κ1) is 13.5. The van der Waals surface area contributed by atoms with Gasteiger partial charge < -0.3 is 5.32 Å². The van der Waals surface area contributed by atoms with Crippen molar-refractivity contribution in [3.05, 3.63) is 11.6 Å². The molecule has 0 bridgehead atoms.